The van der Waals surface area contributed by atoms with E-state index in [0.29, 0.717) is 22.5 Å². The van der Waals surface area contributed by atoms with E-state index in [4.69, 9.17) is 9.73 Å². The first-order valence-electron chi connectivity index (χ1n) is 12.7. The molecule has 1 unspecified atom stereocenters. The molecule has 0 saturated heterocycles. The van der Waals surface area contributed by atoms with Crippen LogP contribution < -0.4 is 15.6 Å². The van der Waals surface area contributed by atoms with Crippen molar-refractivity contribution in [3.63, 3.8) is 0 Å². The minimum atomic E-state index is -0.221. The van der Waals surface area contributed by atoms with Gasteiger partial charge in [0, 0.05) is 28.3 Å². The van der Waals surface area contributed by atoms with Crippen molar-refractivity contribution in [3.8, 4) is 11.5 Å². The van der Waals surface area contributed by atoms with Crippen molar-refractivity contribution < 1.29 is 9.53 Å². The van der Waals surface area contributed by atoms with Crippen LogP contribution in [0.4, 0.5) is 5.69 Å². The SMILES string of the molecule is CSc1cc(Oc2ccnc3[nH]c(=O)ccc23)ccc1NC(=O)CC1=CC(C(C)(C)C)=NC1c1ccccc1. The summed E-state index contributed by atoms with van der Waals surface area (Å²) in [4.78, 5) is 37.7. The van der Waals surface area contributed by atoms with Gasteiger partial charge in [-0.2, -0.15) is 0 Å². The number of nitrogens with one attached hydrogen (secondary N) is 2. The van der Waals surface area contributed by atoms with Crippen LogP contribution in [0.1, 0.15) is 38.8 Å². The molecule has 1 amide bonds. The van der Waals surface area contributed by atoms with Crippen molar-refractivity contribution >= 4 is 40.1 Å². The minimum Gasteiger partial charge on any atom is -0.457 e. The van der Waals surface area contributed by atoms with E-state index < -0.39 is 0 Å². The van der Waals surface area contributed by atoms with Gasteiger partial charge in [0.2, 0.25) is 11.5 Å². The van der Waals surface area contributed by atoms with Crippen molar-refractivity contribution in [2.24, 2.45) is 10.4 Å². The normalized spacial score (nSPS) is 15.1. The standard InChI is InChI=1S/C31H30N4O3S/c1-31(2,3)26-16-20(29(34-26)19-8-6-5-7-9-19)17-28(37)33-23-12-10-21(18-25(23)39-4)38-24-14-15-32-30-22(24)11-13-27(36)35-30/h5-16,18,29H,17H2,1-4H3,(H,33,37)(H,32,35,36). The summed E-state index contributed by atoms with van der Waals surface area (Å²) in [7, 11) is 0. The number of aliphatic imine (C=N–C) groups is 1. The largest absolute Gasteiger partial charge is 0.457 e. The summed E-state index contributed by atoms with van der Waals surface area (Å²) < 4.78 is 6.14. The van der Waals surface area contributed by atoms with Crippen LogP contribution >= 0.6 is 11.8 Å². The number of ether oxygens (including phenoxy) is 1. The number of rotatable bonds is 7. The second-order valence-electron chi connectivity index (χ2n) is 10.4. The first kappa shape index (κ1) is 26.4. The summed E-state index contributed by atoms with van der Waals surface area (Å²) in [6.45, 7) is 6.40. The van der Waals surface area contributed by atoms with Gasteiger partial charge in [0.05, 0.1) is 23.5 Å². The molecule has 4 aromatic rings. The number of hydrogen-bond acceptors (Lipinski definition) is 6. The Balaban J connectivity index is 1.34. The quantitative estimate of drug-likeness (QED) is 0.249. The van der Waals surface area contributed by atoms with Crippen LogP contribution in [0.3, 0.4) is 0 Å². The summed E-state index contributed by atoms with van der Waals surface area (Å²) in [5, 5.41) is 3.79. The predicted molar refractivity (Wildman–Crippen MR) is 158 cm³/mol. The summed E-state index contributed by atoms with van der Waals surface area (Å²) in [5.41, 5.74) is 3.91. The smallest absolute Gasteiger partial charge is 0.249 e. The van der Waals surface area contributed by atoms with Gasteiger partial charge < -0.3 is 15.0 Å². The van der Waals surface area contributed by atoms with Crippen LogP contribution in [0.5, 0.6) is 11.5 Å². The van der Waals surface area contributed by atoms with Crippen LogP contribution in [-0.2, 0) is 4.79 Å². The molecule has 2 aromatic carbocycles. The number of hydrogen-bond donors (Lipinski definition) is 2. The van der Waals surface area contributed by atoms with Crippen LogP contribution in [0.25, 0.3) is 11.0 Å². The Kier molecular flexibility index (Phi) is 7.39. The highest BCUT2D eigenvalue weighted by Gasteiger charge is 2.29. The maximum absolute atomic E-state index is 13.2. The number of carbonyl (C=O) groups is 1. The predicted octanol–water partition coefficient (Wildman–Crippen LogP) is 6.93. The highest BCUT2D eigenvalue weighted by atomic mass is 32.2. The summed E-state index contributed by atoms with van der Waals surface area (Å²) >= 11 is 1.52. The number of fused-ring (bicyclic) bond motifs is 1. The maximum atomic E-state index is 13.2. The number of amides is 1. The Labute approximate surface area is 231 Å². The van der Waals surface area contributed by atoms with Crippen LogP contribution in [0.15, 0.2) is 99.3 Å². The number of H-pyrrole nitrogens is 1. The number of nitrogens with zero attached hydrogens (tertiary/aromatic N) is 2. The molecule has 0 bridgehead atoms. The van der Waals surface area contributed by atoms with E-state index in [1.54, 1.807) is 18.3 Å². The lowest BCUT2D eigenvalue weighted by Gasteiger charge is -2.17. The number of allylic oxidation sites excluding steroid dienone is 1. The van der Waals surface area contributed by atoms with E-state index in [9.17, 15) is 9.59 Å². The fourth-order valence-corrected chi connectivity index (χ4v) is 5.04. The number of benzene rings is 2. The lowest BCUT2D eigenvalue weighted by molar-refractivity contribution is -0.115. The van der Waals surface area contributed by atoms with Gasteiger partial charge in [-0.3, -0.25) is 14.6 Å². The molecule has 2 aromatic heterocycles. The van der Waals surface area contributed by atoms with Crippen molar-refractivity contribution in [2.75, 3.05) is 11.6 Å². The zero-order chi connectivity index (χ0) is 27.6. The van der Waals surface area contributed by atoms with Gasteiger partial charge in [-0.15, -0.1) is 11.8 Å². The Morgan fingerprint density at radius 1 is 1.08 bits per heavy atom. The molecule has 8 heteroatoms. The van der Waals surface area contributed by atoms with Gasteiger partial charge in [-0.05, 0) is 53.8 Å². The van der Waals surface area contributed by atoms with Crippen LogP contribution in [0.2, 0.25) is 0 Å². The van der Waals surface area contributed by atoms with Gasteiger partial charge >= 0.3 is 0 Å². The Morgan fingerprint density at radius 2 is 1.87 bits per heavy atom. The molecule has 0 aliphatic carbocycles. The molecule has 1 aliphatic rings. The Hall–Kier alpha value is -4.17. The van der Waals surface area contributed by atoms with Gasteiger partial charge in [-0.1, -0.05) is 51.1 Å². The molecule has 5 rings (SSSR count). The minimum absolute atomic E-state index is 0.0967. The maximum Gasteiger partial charge on any atom is 0.249 e. The number of thioether (sulfide) groups is 1. The van der Waals surface area contributed by atoms with Crippen molar-refractivity contribution in [2.45, 2.75) is 38.1 Å². The molecule has 0 fully saturated rings. The monoisotopic (exact) mass is 538 g/mol. The van der Waals surface area contributed by atoms with E-state index in [2.05, 4.69) is 54.3 Å². The number of aromatic nitrogens is 2. The molecule has 2 N–H and O–H groups in total. The molecule has 198 valence electrons. The average Bonchev–Trinajstić information content (AvgIpc) is 3.34. The van der Waals surface area contributed by atoms with E-state index in [1.807, 2.05) is 42.7 Å². The molecule has 1 aliphatic heterocycles. The molecule has 0 radical (unpaired) electrons. The third-order valence-electron chi connectivity index (χ3n) is 6.46. The van der Waals surface area contributed by atoms with Gasteiger partial charge in [0.25, 0.3) is 0 Å². The van der Waals surface area contributed by atoms with Gasteiger partial charge in [0.1, 0.15) is 17.1 Å². The Bertz CT molecular complexity index is 1650. The second kappa shape index (κ2) is 10.9. The summed E-state index contributed by atoms with van der Waals surface area (Å²) in [6.07, 6.45) is 5.87. The van der Waals surface area contributed by atoms with E-state index >= 15 is 0 Å². The fraction of sp³-hybridized carbons (Fsp3) is 0.226. The first-order valence-corrected chi connectivity index (χ1v) is 13.9. The average molecular weight is 539 g/mol. The van der Waals surface area contributed by atoms with Crippen molar-refractivity contribution in [1.82, 2.24) is 9.97 Å². The number of pyridine rings is 2. The van der Waals surface area contributed by atoms with Crippen molar-refractivity contribution in [3.05, 3.63) is 100 Å². The molecule has 0 spiro atoms. The summed E-state index contributed by atoms with van der Waals surface area (Å²) in [6, 6.07) is 20.4. The molecular weight excluding hydrogens is 508 g/mol. The molecule has 39 heavy (non-hydrogen) atoms. The Morgan fingerprint density at radius 3 is 2.62 bits per heavy atom. The third kappa shape index (κ3) is 5.96. The molecule has 3 heterocycles. The molecule has 7 nitrogen and oxygen atoms in total. The molecule has 1 atom stereocenters. The van der Waals surface area contributed by atoms with E-state index in [-0.39, 0.29) is 29.3 Å². The first-order chi connectivity index (χ1) is 18.7. The zero-order valence-electron chi connectivity index (χ0n) is 22.3. The number of aromatic amines is 1. The van der Waals surface area contributed by atoms with Crippen LogP contribution in [-0.4, -0.2) is 27.8 Å². The van der Waals surface area contributed by atoms with E-state index in [0.717, 1.165) is 27.4 Å². The highest BCUT2D eigenvalue weighted by Crippen LogP contribution is 2.38. The lowest BCUT2D eigenvalue weighted by atomic mass is 9.89. The fourth-order valence-electron chi connectivity index (χ4n) is 4.46. The van der Waals surface area contributed by atoms with E-state index in [1.165, 1.54) is 17.8 Å². The second-order valence-corrected chi connectivity index (χ2v) is 11.2. The molecular formula is C31H30N4O3S. The molecule has 0 saturated carbocycles. The lowest BCUT2D eigenvalue weighted by Crippen LogP contribution is -2.16. The van der Waals surface area contributed by atoms with Gasteiger partial charge in [-0.25, -0.2) is 4.98 Å². The van der Waals surface area contributed by atoms with Gasteiger partial charge in [0.15, 0.2) is 0 Å². The highest BCUT2D eigenvalue weighted by molar-refractivity contribution is 7.98. The van der Waals surface area contributed by atoms with Crippen molar-refractivity contribution in [1.29, 1.82) is 0 Å². The zero-order valence-corrected chi connectivity index (χ0v) is 23.1. The summed E-state index contributed by atoms with van der Waals surface area (Å²) in [5.74, 6) is 1.09. The third-order valence-corrected chi connectivity index (χ3v) is 7.24. The number of anilines is 1. The van der Waals surface area contributed by atoms with Crippen LogP contribution in [0, 0.1) is 5.41 Å². The topological polar surface area (TPSA) is 96.4 Å². The number of carbonyl (C=O) groups excluding carboxylic acids is 1.